The van der Waals surface area contributed by atoms with E-state index in [0.29, 0.717) is 0 Å². The number of pyridine rings is 2. The molecule has 0 radical (unpaired) electrons. The Kier molecular flexibility index (Phi) is 13.7. The predicted octanol–water partition coefficient (Wildman–Crippen LogP) is 20.0. The van der Waals surface area contributed by atoms with Gasteiger partial charge in [0.15, 0.2) is 0 Å². The van der Waals surface area contributed by atoms with E-state index in [1.807, 2.05) is 42.5 Å². The highest BCUT2D eigenvalue weighted by Crippen LogP contribution is 2.40. The van der Waals surface area contributed by atoms with E-state index in [4.69, 9.17) is 29.2 Å². The highest BCUT2D eigenvalue weighted by atomic mass is 79.9. The molecule has 0 saturated carbocycles. The summed E-state index contributed by atoms with van der Waals surface area (Å²) in [5, 5.41) is 7.16. The van der Waals surface area contributed by atoms with Crippen LogP contribution >= 0.6 is 15.9 Å². The lowest BCUT2D eigenvalue weighted by Crippen LogP contribution is -2.41. The number of hydrogen-bond donors (Lipinski definition) is 0. The summed E-state index contributed by atoms with van der Waals surface area (Å²) >= 11 is 3.49. The summed E-state index contributed by atoms with van der Waals surface area (Å²) in [6.07, 6.45) is 0. The van der Waals surface area contributed by atoms with E-state index >= 15 is 0 Å². The Morgan fingerprint density at radius 2 is 0.670 bits per heavy atom. The number of rotatable bonds is 6. The monoisotopic (exact) mass is 1280 g/mol. The number of aromatic nitrogens is 8. The molecular formula is C82H60BBrN8O2. The van der Waals surface area contributed by atoms with Crippen LogP contribution in [-0.2, 0) is 9.31 Å². The van der Waals surface area contributed by atoms with E-state index in [1.54, 1.807) is 0 Å². The molecule has 450 valence electrons. The first-order valence-corrected chi connectivity index (χ1v) is 32.5. The van der Waals surface area contributed by atoms with Crippen molar-refractivity contribution in [2.45, 2.75) is 38.9 Å². The Morgan fingerprint density at radius 3 is 1.15 bits per heavy atom. The van der Waals surface area contributed by atoms with Crippen LogP contribution in [0.15, 0.2) is 296 Å². The van der Waals surface area contributed by atoms with Crippen LogP contribution < -0.4 is 5.46 Å². The van der Waals surface area contributed by atoms with Gasteiger partial charge in [0, 0.05) is 48.5 Å². The topological polar surface area (TPSA) is 88.7 Å². The van der Waals surface area contributed by atoms with Crippen molar-refractivity contribution >= 4 is 127 Å². The van der Waals surface area contributed by atoms with Gasteiger partial charge < -0.3 is 9.31 Å². The molecule has 0 spiro atoms. The fourth-order valence-electron chi connectivity index (χ4n) is 13.5. The Balaban J connectivity index is 0.000000113. The molecule has 6 aromatic heterocycles. The lowest BCUT2D eigenvalue weighted by Gasteiger charge is -2.32. The largest absolute Gasteiger partial charge is 0.494 e. The van der Waals surface area contributed by atoms with Crippen LogP contribution in [0.2, 0.25) is 0 Å². The molecule has 19 rings (SSSR count). The summed E-state index contributed by atoms with van der Waals surface area (Å²) in [6.45, 7) is 8.35. The minimum absolute atomic E-state index is 0.368. The second kappa shape index (κ2) is 22.7. The molecular weight excluding hydrogens is 1220 g/mol. The number of para-hydroxylation sites is 10. The van der Waals surface area contributed by atoms with E-state index < -0.39 is 7.12 Å². The van der Waals surface area contributed by atoms with Gasteiger partial charge in [0.1, 0.15) is 22.9 Å². The van der Waals surface area contributed by atoms with Crippen LogP contribution in [0.5, 0.6) is 0 Å². The second-order valence-electron chi connectivity index (χ2n) is 25.0. The average Bonchev–Trinajstić information content (AvgIpc) is 1.55. The molecule has 0 atom stereocenters. The van der Waals surface area contributed by atoms with Crippen LogP contribution in [0.4, 0.5) is 0 Å². The summed E-state index contributed by atoms with van der Waals surface area (Å²) in [5.74, 6) is 1.89. The predicted molar refractivity (Wildman–Crippen MR) is 391 cm³/mol. The number of fused-ring (bicyclic) bond motifs is 18. The molecule has 94 heavy (non-hydrogen) atoms. The molecule has 1 aliphatic heterocycles. The number of hydrogen-bond acceptors (Lipinski definition) is 6. The Bertz CT molecular complexity index is 5940. The Morgan fingerprint density at radius 1 is 0.309 bits per heavy atom. The van der Waals surface area contributed by atoms with Crippen LogP contribution in [0, 0.1) is 0 Å². The van der Waals surface area contributed by atoms with Gasteiger partial charge in [0.2, 0.25) is 0 Å². The molecule has 10 nitrogen and oxygen atoms in total. The van der Waals surface area contributed by atoms with Crippen molar-refractivity contribution in [3.63, 3.8) is 0 Å². The Hall–Kier alpha value is -11.0. The third-order valence-corrected chi connectivity index (χ3v) is 19.3. The van der Waals surface area contributed by atoms with Gasteiger partial charge in [-0.05, 0) is 152 Å². The number of imidazole rings is 4. The zero-order chi connectivity index (χ0) is 63.2. The molecule has 0 aliphatic carbocycles. The van der Waals surface area contributed by atoms with Crippen molar-refractivity contribution in [2.24, 2.45) is 0 Å². The zero-order valence-electron chi connectivity index (χ0n) is 52.1. The van der Waals surface area contributed by atoms with E-state index in [9.17, 15) is 0 Å². The fourth-order valence-corrected chi connectivity index (χ4v) is 13.7. The maximum Gasteiger partial charge on any atom is 0.494 e. The Labute approximate surface area is 550 Å². The van der Waals surface area contributed by atoms with E-state index in [-0.39, 0.29) is 11.2 Å². The number of benzene rings is 12. The third-order valence-electron chi connectivity index (χ3n) is 18.8. The highest BCUT2D eigenvalue weighted by molar-refractivity contribution is 9.10. The standard InChI is InChI=1S/C38H24N4.C25H23BN2O2.C19H13BrN2/c1-2-10-28(11-3-1)41-34-16-8-6-14-32(34)39-37(41)26-20-18-25(19-21-26)27-22-23-30-29-12-4-5-13-31(29)38-40-33-15-7-9-17-35(33)42(38)36(30)24-27;1-24(2)25(3,4)30-26(29-24)16-13-14-18-17-9-5-6-10-19(17)23-27-20-11-7-8-12-21(20)28(23)22(18)15-16;20-15-12-10-14(11-13-15)19-21-17-8-4-5-9-18(17)22(19)16-6-2-1-3-7-16/h1-24H;5-15H,1-4H3;1-13H. The molecule has 18 aromatic rings. The molecule has 7 heterocycles. The second-order valence-corrected chi connectivity index (χ2v) is 25.9. The van der Waals surface area contributed by atoms with Gasteiger partial charge in [0.05, 0.1) is 66.4 Å². The molecule has 12 aromatic carbocycles. The molecule has 0 bridgehead atoms. The average molecular weight is 1280 g/mol. The van der Waals surface area contributed by atoms with Gasteiger partial charge in [-0.15, -0.1) is 0 Å². The SMILES string of the molecule is Brc1ccc(-c2nc3ccccc3n2-c2ccccc2)cc1.CC1(C)OB(c2ccc3c4ccccc4c4nc5ccccc5n4c3c2)OC1(C)C.c1ccc(-n2c(-c3ccc(-c4ccc5c6ccccc6c6nc7ccccc7n6c5c4)cc3)nc3ccccc32)cc1. The summed E-state index contributed by atoms with van der Waals surface area (Å²) in [7, 11) is -0.393. The van der Waals surface area contributed by atoms with Crippen LogP contribution in [0.25, 0.3) is 144 Å². The molecule has 1 fully saturated rings. The number of nitrogens with zero attached hydrogens (tertiary/aromatic N) is 8. The minimum atomic E-state index is -0.393. The summed E-state index contributed by atoms with van der Waals surface area (Å²) in [4.78, 5) is 19.9. The highest BCUT2D eigenvalue weighted by Gasteiger charge is 2.51. The van der Waals surface area contributed by atoms with Crippen LogP contribution in [0.3, 0.4) is 0 Å². The van der Waals surface area contributed by atoms with Gasteiger partial charge in [0.25, 0.3) is 0 Å². The van der Waals surface area contributed by atoms with Crippen LogP contribution in [-0.4, -0.2) is 56.2 Å². The first-order chi connectivity index (χ1) is 46.0. The molecule has 12 heteroatoms. The van der Waals surface area contributed by atoms with E-state index in [2.05, 4.69) is 310 Å². The van der Waals surface area contributed by atoms with Gasteiger partial charge in [-0.1, -0.05) is 210 Å². The fraction of sp³-hybridized carbons (Fsp3) is 0.0732. The first kappa shape index (κ1) is 56.9. The van der Waals surface area contributed by atoms with Gasteiger partial charge in [-0.3, -0.25) is 17.9 Å². The maximum atomic E-state index is 6.32. The van der Waals surface area contributed by atoms with E-state index in [0.717, 1.165) is 121 Å². The first-order valence-electron chi connectivity index (χ1n) is 31.7. The summed E-state index contributed by atoms with van der Waals surface area (Å²) in [5.41, 5.74) is 19.7. The van der Waals surface area contributed by atoms with Crippen molar-refractivity contribution in [3.05, 3.63) is 296 Å². The van der Waals surface area contributed by atoms with Crippen molar-refractivity contribution in [2.75, 3.05) is 0 Å². The van der Waals surface area contributed by atoms with Gasteiger partial charge in [-0.2, -0.15) is 0 Å². The lowest BCUT2D eigenvalue weighted by atomic mass is 9.78. The molecule has 1 saturated heterocycles. The lowest BCUT2D eigenvalue weighted by molar-refractivity contribution is 0.00578. The molecule has 0 amide bonds. The minimum Gasteiger partial charge on any atom is -0.399 e. The smallest absolute Gasteiger partial charge is 0.399 e. The number of halogens is 1. The van der Waals surface area contributed by atoms with Gasteiger partial charge in [-0.25, -0.2) is 19.9 Å². The molecule has 1 aliphatic rings. The quantitative estimate of drug-likeness (QED) is 0.122. The summed E-state index contributed by atoms with van der Waals surface area (Å²) in [6, 6.07) is 101. The summed E-state index contributed by atoms with van der Waals surface area (Å²) < 4.78 is 22.7. The van der Waals surface area contributed by atoms with Crippen molar-refractivity contribution in [1.82, 2.24) is 37.9 Å². The normalized spacial score (nSPS) is 13.6. The van der Waals surface area contributed by atoms with Crippen molar-refractivity contribution < 1.29 is 9.31 Å². The molecule has 0 unspecified atom stereocenters. The third kappa shape index (κ3) is 9.63. The van der Waals surface area contributed by atoms with Crippen molar-refractivity contribution in [3.8, 4) is 45.3 Å². The van der Waals surface area contributed by atoms with E-state index in [1.165, 1.54) is 32.5 Å². The maximum absolute atomic E-state index is 6.32. The van der Waals surface area contributed by atoms with Crippen LogP contribution in [0.1, 0.15) is 27.7 Å². The zero-order valence-corrected chi connectivity index (χ0v) is 53.6. The molecule has 0 N–H and O–H groups in total. The van der Waals surface area contributed by atoms with Crippen molar-refractivity contribution in [1.29, 1.82) is 0 Å². The van der Waals surface area contributed by atoms with Gasteiger partial charge >= 0.3 is 7.12 Å².